The van der Waals surface area contributed by atoms with E-state index in [1.807, 2.05) is 26.0 Å². The summed E-state index contributed by atoms with van der Waals surface area (Å²) in [6, 6.07) is 0. The topological polar surface area (TPSA) is 26.0 Å². The van der Waals surface area contributed by atoms with Crippen LogP contribution in [-0.4, -0.2) is 0 Å². The smallest absolute Gasteiger partial charge is 0.0315 e. The molecule has 68 valence electrons. The molecule has 0 spiro atoms. The van der Waals surface area contributed by atoms with Crippen molar-refractivity contribution in [3.63, 3.8) is 0 Å². The van der Waals surface area contributed by atoms with E-state index in [0.717, 1.165) is 11.3 Å². The van der Waals surface area contributed by atoms with Crippen LogP contribution in [0.1, 0.15) is 27.7 Å². The highest BCUT2D eigenvalue weighted by molar-refractivity contribution is 5.28. The maximum absolute atomic E-state index is 5.74. The van der Waals surface area contributed by atoms with Crippen LogP contribution in [0.3, 0.4) is 0 Å². The van der Waals surface area contributed by atoms with Gasteiger partial charge in [-0.15, -0.1) is 0 Å². The minimum atomic E-state index is 0.467. The summed E-state index contributed by atoms with van der Waals surface area (Å²) >= 11 is 0. The molecule has 0 saturated heterocycles. The Labute approximate surface area is 75.7 Å². The number of allylic oxidation sites excluding steroid dienone is 4. The van der Waals surface area contributed by atoms with Gasteiger partial charge < -0.3 is 5.73 Å². The first-order valence-electron chi connectivity index (χ1n) is 4.24. The molecular formula is C11H19N. The van der Waals surface area contributed by atoms with Crippen molar-refractivity contribution in [2.45, 2.75) is 27.7 Å². The lowest BCUT2D eigenvalue weighted by molar-refractivity contribution is 0.793. The van der Waals surface area contributed by atoms with Gasteiger partial charge in [0.1, 0.15) is 0 Å². The van der Waals surface area contributed by atoms with Crippen LogP contribution in [0.2, 0.25) is 0 Å². The second kappa shape index (κ2) is 4.81. The number of rotatable bonds is 3. The van der Waals surface area contributed by atoms with Gasteiger partial charge in [-0.1, -0.05) is 31.6 Å². The summed E-state index contributed by atoms with van der Waals surface area (Å²) in [5.74, 6) is 0.467. The van der Waals surface area contributed by atoms with Gasteiger partial charge in [0.05, 0.1) is 0 Å². The fourth-order valence-electron chi connectivity index (χ4n) is 0.756. The lowest BCUT2D eigenvalue weighted by atomic mass is 10.0. The van der Waals surface area contributed by atoms with E-state index in [0.29, 0.717) is 5.92 Å². The molecule has 12 heavy (non-hydrogen) atoms. The van der Waals surface area contributed by atoms with Gasteiger partial charge in [-0.25, -0.2) is 0 Å². The van der Waals surface area contributed by atoms with Crippen molar-refractivity contribution in [3.8, 4) is 0 Å². The van der Waals surface area contributed by atoms with Crippen LogP contribution in [0.25, 0.3) is 0 Å². The highest BCUT2D eigenvalue weighted by Crippen LogP contribution is 2.09. The molecule has 0 saturated carbocycles. The van der Waals surface area contributed by atoms with Crippen LogP contribution in [-0.2, 0) is 0 Å². The molecule has 0 unspecified atom stereocenters. The van der Waals surface area contributed by atoms with Crippen LogP contribution in [0.5, 0.6) is 0 Å². The average Bonchev–Trinajstić information content (AvgIpc) is 1.84. The molecule has 0 aliphatic heterocycles. The second-order valence-electron chi connectivity index (χ2n) is 3.60. The second-order valence-corrected chi connectivity index (χ2v) is 3.60. The van der Waals surface area contributed by atoms with Crippen molar-refractivity contribution in [3.05, 3.63) is 35.6 Å². The third-order valence-electron chi connectivity index (χ3n) is 1.55. The molecule has 0 aromatic rings. The predicted molar refractivity (Wildman–Crippen MR) is 55.7 cm³/mol. The van der Waals surface area contributed by atoms with Gasteiger partial charge >= 0.3 is 0 Å². The van der Waals surface area contributed by atoms with E-state index in [-0.39, 0.29) is 0 Å². The van der Waals surface area contributed by atoms with Crippen molar-refractivity contribution < 1.29 is 0 Å². The zero-order valence-corrected chi connectivity index (χ0v) is 8.52. The lowest BCUT2D eigenvalue weighted by Gasteiger charge is -2.04. The minimum absolute atomic E-state index is 0.467. The Bertz CT molecular complexity index is 215. The van der Waals surface area contributed by atoms with E-state index in [1.165, 1.54) is 5.57 Å². The molecule has 0 aromatic heterocycles. The molecule has 0 bridgehead atoms. The molecule has 0 heterocycles. The van der Waals surface area contributed by atoms with Crippen molar-refractivity contribution in [1.82, 2.24) is 0 Å². The molecule has 1 heteroatoms. The normalized spacial score (nSPS) is 11.6. The third kappa shape index (κ3) is 4.78. The average molecular weight is 165 g/mol. The summed E-state index contributed by atoms with van der Waals surface area (Å²) in [5.41, 5.74) is 8.81. The van der Waals surface area contributed by atoms with Gasteiger partial charge in [0.15, 0.2) is 0 Å². The summed E-state index contributed by atoms with van der Waals surface area (Å²) < 4.78 is 0. The maximum atomic E-state index is 5.74. The Morgan fingerprint density at radius 2 is 1.75 bits per heavy atom. The molecule has 1 nitrogen and oxygen atoms in total. The van der Waals surface area contributed by atoms with E-state index < -0.39 is 0 Å². The first-order valence-corrected chi connectivity index (χ1v) is 4.24. The number of hydrogen-bond acceptors (Lipinski definition) is 1. The number of hydrogen-bond donors (Lipinski definition) is 1. The van der Waals surface area contributed by atoms with Crippen molar-refractivity contribution in [2.24, 2.45) is 11.7 Å². The standard InChI is InChI=1S/C11H19N/c1-8(2)6-11(12)7-10(5)9(3)4/h6-7,9H,5,12H2,1-4H3/b11-7+. The Hall–Kier alpha value is -0.980. The first-order chi connectivity index (χ1) is 5.43. The summed E-state index contributed by atoms with van der Waals surface area (Å²) in [5, 5.41) is 0. The predicted octanol–water partition coefficient (Wildman–Crippen LogP) is 3.01. The van der Waals surface area contributed by atoms with E-state index in [2.05, 4.69) is 20.4 Å². The molecule has 0 radical (unpaired) electrons. The first kappa shape index (κ1) is 11.0. The van der Waals surface area contributed by atoms with Gasteiger partial charge in [-0.05, 0) is 31.9 Å². The van der Waals surface area contributed by atoms with E-state index in [1.54, 1.807) is 0 Å². The minimum Gasteiger partial charge on any atom is -0.399 e. The molecule has 0 amide bonds. The largest absolute Gasteiger partial charge is 0.399 e. The monoisotopic (exact) mass is 165 g/mol. The lowest BCUT2D eigenvalue weighted by Crippen LogP contribution is -1.97. The van der Waals surface area contributed by atoms with Crippen LogP contribution in [0.15, 0.2) is 35.6 Å². The number of nitrogens with two attached hydrogens (primary N) is 1. The van der Waals surface area contributed by atoms with Gasteiger partial charge in [0, 0.05) is 5.70 Å². The molecular weight excluding hydrogens is 146 g/mol. The van der Waals surface area contributed by atoms with E-state index in [4.69, 9.17) is 5.73 Å². The summed E-state index contributed by atoms with van der Waals surface area (Å²) in [7, 11) is 0. The van der Waals surface area contributed by atoms with E-state index in [9.17, 15) is 0 Å². The van der Waals surface area contributed by atoms with Crippen LogP contribution in [0, 0.1) is 5.92 Å². The fourth-order valence-corrected chi connectivity index (χ4v) is 0.756. The maximum Gasteiger partial charge on any atom is 0.0315 e. The zero-order valence-electron chi connectivity index (χ0n) is 8.52. The SMILES string of the molecule is C=C(/C=C(/N)C=C(C)C)C(C)C. The Kier molecular flexibility index (Phi) is 4.42. The Morgan fingerprint density at radius 3 is 2.08 bits per heavy atom. The molecule has 0 atom stereocenters. The fraction of sp³-hybridized carbons (Fsp3) is 0.455. The summed E-state index contributed by atoms with van der Waals surface area (Å²) in [6.45, 7) is 12.2. The van der Waals surface area contributed by atoms with Gasteiger partial charge in [0.2, 0.25) is 0 Å². The van der Waals surface area contributed by atoms with Crippen molar-refractivity contribution in [2.75, 3.05) is 0 Å². The van der Waals surface area contributed by atoms with Crippen molar-refractivity contribution in [1.29, 1.82) is 0 Å². The quantitative estimate of drug-likeness (QED) is 0.639. The van der Waals surface area contributed by atoms with E-state index >= 15 is 0 Å². The Balaban J connectivity index is 4.37. The third-order valence-corrected chi connectivity index (χ3v) is 1.55. The summed E-state index contributed by atoms with van der Waals surface area (Å²) in [6.07, 6.45) is 3.88. The molecule has 0 aromatic carbocycles. The molecule has 2 N–H and O–H groups in total. The van der Waals surface area contributed by atoms with Crippen LogP contribution in [0.4, 0.5) is 0 Å². The molecule has 0 aliphatic rings. The van der Waals surface area contributed by atoms with Gasteiger partial charge in [-0.3, -0.25) is 0 Å². The van der Waals surface area contributed by atoms with Crippen LogP contribution < -0.4 is 5.73 Å². The Morgan fingerprint density at radius 1 is 1.25 bits per heavy atom. The van der Waals surface area contributed by atoms with Crippen LogP contribution >= 0.6 is 0 Å². The molecule has 0 fully saturated rings. The summed E-state index contributed by atoms with van der Waals surface area (Å²) in [4.78, 5) is 0. The molecule has 0 aliphatic carbocycles. The van der Waals surface area contributed by atoms with Gasteiger partial charge in [0.25, 0.3) is 0 Å². The van der Waals surface area contributed by atoms with Crippen molar-refractivity contribution >= 4 is 0 Å². The highest BCUT2D eigenvalue weighted by Gasteiger charge is 1.95. The molecule has 0 rings (SSSR count). The van der Waals surface area contributed by atoms with Gasteiger partial charge in [-0.2, -0.15) is 0 Å². The zero-order chi connectivity index (χ0) is 9.72. The highest BCUT2D eigenvalue weighted by atomic mass is 14.6.